The van der Waals surface area contributed by atoms with E-state index in [0.29, 0.717) is 39.8 Å². The molecule has 3 aromatic carbocycles. The Bertz CT molecular complexity index is 1950. The lowest BCUT2D eigenvalue weighted by Gasteiger charge is -2.19. The summed E-state index contributed by atoms with van der Waals surface area (Å²) in [5.41, 5.74) is 5.22. The third kappa shape index (κ3) is 6.88. The number of aromatic nitrogens is 1. The number of hydrogen-bond donors (Lipinski definition) is 3. The van der Waals surface area contributed by atoms with Crippen molar-refractivity contribution in [3.05, 3.63) is 94.8 Å². The van der Waals surface area contributed by atoms with E-state index in [1.165, 1.54) is 0 Å². The van der Waals surface area contributed by atoms with Crippen molar-refractivity contribution in [3.63, 3.8) is 0 Å². The first-order valence-corrected chi connectivity index (χ1v) is 17.9. The van der Waals surface area contributed by atoms with Gasteiger partial charge in [0, 0.05) is 85.8 Å². The number of amides is 2. The van der Waals surface area contributed by atoms with Crippen LogP contribution in [-0.4, -0.2) is 60.0 Å². The number of sulfonamides is 1. The van der Waals surface area contributed by atoms with Crippen molar-refractivity contribution in [3.8, 4) is 0 Å². The number of benzene rings is 3. The zero-order valence-corrected chi connectivity index (χ0v) is 29.2. The molecular formula is C37H44N6O4S. The van der Waals surface area contributed by atoms with Crippen LogP contribution < -0.4 is 25.2 Å². The Labute approximate surface area is 283 Å². The molecule has 1 heterocycles. The van der Waals surface area contributed by atoms with Crippen LogP contribution in [0, 0.1) is 5.92 Å². The van der Waals surface area contributed by atoms with Gasteiger partial charge in [-0.25, -0.2) is 13.1 Å². The Kier molecular flexibility index (Phi) is 9.19. The van der Waals surface area contributed by atoms with Gasteiger partial charge in [0.05, 0.1) is 17.0 Å². The molecule has 252 valence electrons. The van der Waals surface area contributed by atoms with E-state index in [4.69, 9.17) is 4.98 Å². The largest absolute Gasteiger partial charge is 0.378 e. The van der Waals surface area contributed by atoms with Crippen LogP contribution in [-0.2, 0) is 10.0 Å². The van der Waals surface area contributed by atoms with Crippen molar-refractivity contribution in [2.45, 2.75) is 56.0 Å². The highest BCUT2D eigenvalue weighted by atomic mass is 32.2. The van der Waals surface area contributed by atoms with Crippen LogP contribution in [0.4, 0.5) is 11.4 Å². The Morgan fingerprint density at radius 2 is 1.35 bits per heavy atom. The van der Waals surface area contributed by atoms with Gasteiger partial charge in [0.2, 0.25) is 10.0 Å². The first kappa shape index (κ1) is 33.4. The predicted molar refractivity (Wildman–Crippen MR) is 190 cm³/mol. The maximum absolute atomic E-state index is 13.9. The molecule has 48 heavy (non-hydrogen) atoms. The van der Waals surface area contributed by atoms with Crippen molar-refractivity contribution >= 4 is 44.0 Å². The lowest BCUT2D eigenvalue weighted by Crippen LogP contribution is -2.30. The number of carbonyl (C=O) groups excluding carboxylic acids is 2. The number of rotatable bonds is 11. The molecule has 11 heteroatoms. The molecule has 1 saturated carbocycles. The van der Waals surface area contributed by atoms with E-state index in [2.05, 4.69) is 15.4 Å². The number of anilines is 2. The lowest BCUT2D eigenvalue weighted by molar-refractivity contribution is 0.0928. The third-order valence-electron chi connectivity index (χ3n) is 9.14. The number of carbonyl (C=O) groups is 2. The normalized spacial score (nSPS) is 17.3. The summed E-state index contributed by atoms with van der Waals surface area (Å²) in [7, 11) is 3.83. The summed E-state index contributed by atoms with van der Waals surface area (Å²) in [5, 5.41) is 7.58. The van der Waals surface area contributed by atoms with E-state index in [-0.39, 0.29) is 29.2 Å². The number of nitrogens with zero attached hydrogens (tertiary/aromatic N) is 3. The highest BCUT2D eigenvalue weighted by Crippen LogP contribution is 2.47. The molecule has 2 aliphatic carbocycles. The van der Waals surface area contributed by atoms with Crippen molar-refractivity contribution < 1.29 is 18.0 Å². The van der Waals surface area contributed by atoms with Crippen LogP contribution in [0.2, 0.25) is 0 Å². The van der Waals surface area contributed by atoms with Crippen molar-refractivity contribution in [2.24, 2.45) is 5.92 Å². The van der Waals surface area contributed by atoms with E-state index < -0.39 is 22.1 Å². The molecule has 0 bridgehead atoms. The Morgan fingerprint density at radius 1 is 0.812 bits per heavy atom. The smallest absolute Gasteiger partial charge is 0.251 e. The predicted octanol–water partition coefficient (Wildman–Crippen LogP) is 5.52. The fourth-order valence-electron chi connectivity index (χ4n) is 6.25. The molecule has 3 N–H and O–H groups in total. The molecule has 2 aliphatic rings. The summed E-state index contributed by atoms with van der Waals surface area (Å²) < 4.78 is 30.6. The molecule has 0 radical (unpaired) electrons. The fraction of sp³-hybridized carbons (Fsp3) is 0.378. The van der Waals surface area contributed by atoms with Crippen LogP contribution in [0.25, 0.3) is 10.8 Å². The minimum Gasteiger partial charge on any atom is -0.378 e. The SMILES string of the molecule is CC(C)CNS(=O)(=O)c1cc2c(c3cnc(C4CC4)cc13)[C@H](NC(=O)c1ccc(N(C)C)cc1)C[C@H]2NC(=O)c1ccc(N(C)C)cc1. The second-order valence-corrected chi connectivity index (χ2v) is 15.5. The molecule has 10 nitrogen and oxygen atoms in total. The summed E-state index contributed by atoms with van der Waals surface area (Å²) >= 11 is 0. The zero-order chi connectivity index (χ0) is 34.3. The fourth-order valence-corrected chi connectivity index (χ4v) is 7.70. The molecule has 0 unspecified atom stereocenters. The Hall–Kier alpha value is -4.48. The maximum Gasteiger partial charge on any atom is 0.251 e. The Morgan fingerprint density at radius 3 is 1.85 bits per heavy atom. The minimum absolute atomic E-state index is 0.112. The van der Waals surface area contributed by atoms with Crippen LogP contribution in [0.3, 0.4) is 0 Å². The van der Waals surface area contributed by atoms with Gasteiger partial charge in [-0.2, -0.15) is 0 Å². The standard InChI is InChI=1S/C37H44N6O4S/c1-22(2)20-39-48(46,47)34-18-29-32(40-36(44)24-9-13-26(14-10-24)42(3)4)19-33(41-37(45)25-11-15-27(16-12-25)43(5)6)35(29)30-21-38-31(17-28(30)34)23-7-8-23/h9-18,21-23,32-33,39H,7-8,19-20H2,1-6H3,(H,40,44)(H,41,45)/t32-,33-/m1/s1. The summed E-state index contributed by atoms with van der Waals surface area (Å²) in [5.74, 6) is -0.115. The molecule has 1 fully saturated rings. The van der Waals surface area contributed by atoms with Crippen molar-refractivity contribution in [2.75, 3.05) is 44.5 Å². The molecular weight excluding hydrogens is 625 g/mol. The van der Waals surface area contributed by atoms with Crippen LogP contribution in [0.1, 0.15) is 88.6 Å². The number of nitrogens with one attached hydrogen (secondary N) is 3. The Balaban J connectivity index is 1.44. The number of fused-ring (bicyclic) bond motifs is 3. The van der Waals surface area contributed by atoms with Gasteiger partial charge < -0.3 is 20.4 Å². The molecule has 2 atom stereocenters. The molecule has 4 aromatic rings. The maximum atomic E-state index is 13.9. The second-order valence-electron chi connectivity index (χ2n) is 13.7. The average molecular weight is 669 g/mol. The van der Waals surface area contributed by atoms with Crippen molar-refractivity contribution in [1.82, 2.24) is 20.3 Å². The van der Waals surface area contributed by atoms with E-state index in [1.54, 1.807) is 36.5 Å². The molecule has 0 aliphatic heterocycles. The van der Waals surface area contributed by atoms with E-state index in [1.807, 2.05) is 82.2 Å². The van der Waals surface area contributed by atoms with Gasteiger partial charge in [0.15, 0.2) is 0 Å². The summed E-state index contributed by atoms with van der Waals surface area (Å²) in [6.07, 6.45) is 4.14. The highest BCUT2D eigenvalue weighted by molar-refractivity contribution is 7.89. The average Bonchev–Trinajstić information content (AvgIpc) is 3.86. The zero-order valence-electron chi connectivity index (χ0n) is 28.4. The summed E-state index contributed by atoms with van der Waals surface area (Å²) in [6, 6.07) is 17.2. The van der Waals surface area contributed by atoms with Gasteiger partial charge in [0.25, 0.3) is 11.8 Å². The van der Waals surface area contributed by atoms with Crippen LogP contribution in [0.15, 0.2) is 71.8 Å². The van der Waals surface area contributed by atoms with Gasteiger partial charge in [-0.1, -0.05) is 13.8 Å². The van der Waals surface area contributed by atoms with E-state index in [9.17, 15) is 18.0 Å². The van der Waals surface area contributed by atoms with Gasteiger partial charge in [0.1, 0.15) is 0 Å². The number of hydrogen-bond acceptors (Lipinski definition) is 7. The van der Waals surface area contributed by atoms with Crippen LogP contribution in [0.5, 0.6) is 0 Å². The van der Waals surface area contributed by atoms with Gasteiger partial charge >= 0.3 is 0 Å². The van der Waals surface area contributed by atoms with Gasteiger partial charge in [-0.3, -0.25) is 14.6 Å². The van der Waals surface area contributed by atoms with Crippen LogP contribution >= 0.6 is 0 Å². The van der Waals surface area contributed by atoms with E-state index in [0.717, 1.165) is 35.5 Å². The quantitative estimate of drug-likeness (QED) is 0.192. The monoisotopic (exact) mass is 668 g/mol. The summed E-state index contributed by atoms with van der Waals surface area (Å²) in [6.45, 7) is 4.20. The van der Waals surface area contributed by atoms with Crippen molar-refractivity contribution in [1.29, 1.82) is 0 Å². The van der Waals surface area contributed by atoms with Gasteiger partial charge in [-0.15, -0.1) is 0 Å². The first-order valence-electron chi connectivity index (χ1n) is 16.4. The lowest BCUT2D eigenvalue weighted by atomic mass is 9.98. The van der Waals surface area contributed by atoms with E-state index >= 15 is 0 Å². The topological polar surface area (TPSA) is 124 Å². The third-order valence-corrected chi connectivity index (χ3v) is 10.6. The molecule has 2 amide bonds. The minimum atomic E-state index is -3.92. The molecule has 6 rings (SSSR count). The molecule has 1 aromatic heterocycles. The van der Waals surface area contributed by atoms with Gasteiger partial charge in [-0.05, 0) is 97.0 Å². The first-order chi connectivity index (χ1) is 22.8. The second kappa shape index (κ2) is 13.2. The molecule has 0 saturated heterocycles. The molecule has 0 spiro atoms. The highest BCUT2D eigenvalue weighted by Gasteiger charge is 2.38. The number of pyridine rings is 1. The summed E-state index contributed by atoms with van der Waals surface area (Å²) in [4.78, 5) is 36.1.